The quantitative estimate of drug-likeness (QED) is 0.743. The van der Waals surface area contributed by atoms with Gasteiger partial charge in [-0.05, 0) is 32.2 Å². The lowest BCUT2D eigenvalue weighted by molar-refractivity contribution is -0.119. The topological polar surface area (TPSA) is 44.4 Å². The van der Waals surface area contributed by atoms with Crippen molar-refractivity contribution in [3.8, 4) is 0 Å². The highest BCUT2D eigenvalue weighted by atomic mass is 16.1. The molecule has 0 aromatic heterocycles. The van der Waals surface area contributed by atoms with Gasteiger partial charge in [-0.25, -0.2) is 0 Å². The van der Waals surface area contributed by atoms with Gasteiger partial charge in [-0.15, -0.1) is 0 Å². The van der Waals surface area contributed by atoms with Crippen molar-refractivity contribution in [3.63, 3.8) is 0 Å². The smallest absolute Gasteiger partial charge is 0.216 e. The first kappa shape index (κ1) is 12.8. The molecule has 0 aromatic rings. The highest BCUT2D eigenvalue weighted by molar-refractivity contribution is 5.72. The van der Waals surface area contributed by atoms with Crippen LogP contribution in [0.15, 0.2) is 0 Å². The maximum Gasteiger partial charge on any atom is 0.216 e. The fourth-order valence-electron chi connectivity index (χ4n) is 3.46. The summed E-state index contributed by atoms with van der Waals surface area (Å²) in [5.74, 6) is 0.0832. The summed E-state index contributed by atoms with van der Waals surface area (Å²) in [5.41, 5.74) is 0. The maximum atomic E-state index is 10.9. The van der Waals surface area contributed by atoms with Gasteiger partial charge in [0.2, 0.25) is 5.91 Å². The normalized spacial score (nSPS) is 32.7. The van der Waals surface area contributed by atoms with E-state index in [1.807, 2.05) is 0 Å². The maximum absolute atomic E-state index is 10.9. The summed E-state index contributed by atoms with van der Waals surface area (Å²) in [6.07, 6.45) is 5.24. The molecule has 1 amide bonds. The molecule has 4 nitrogen and oxygen atoms in total. The summed E-state index contributed by atoms with van der Waals surface area (Å²) in [6, 6.07) is 2.20. The standard InChI is InChI=1S/C13H25N3O/c1-3-14-11-8-12-4-5-13(9-11)16(12)7-6-15-10(2)17/h11-14H,3-9H2,1-2H3,(H,15,17). The minimum Gasteiger partial charge on any atom is -0.355 e. The molecule has 0 spiro atoms. The fourth-order valence-corrected chi connectivity index (χ4v) is 3.46. The minimum absolute atomic E-state index is 0.0832. The largest absolute Gasteiger partial charge is 0.355 e. The first-order valence-corrected chi connectivity index (χ1v) is 6.94. The lowest BCUT2D eigenvalue weighted by Crippen LogP contribution is -2.50. The van der Waals surface area contributed by atoms with Crippen LogP contribution in [-0.2, 0) is 4.79 Å². The van der Waals surface area contributed by atoms with E-state index in [1.54, 1.807) is 6.92 Å². The van der Waals surface area contributed by atoms with Crippen LogP contribution in [0.25, 0.3) is 0 Å². The van der Waals surface area contributed by atoms with Crippen LogP contribution in [0.3, 0.4) is 0 Å². The van der Waals surface area contributed by atoms with E-state index in [1.165, 1.54) is 25.7 Å². The zero-order valence-electron chi connectivity index (χ0n) is 11.0. The molecule has 0 aliphatic carbocycles. The second-order valence-electron chi connectivity index (χ2n) is 5.33. The molecule has 2 heterocycles. The molecule has 2 saturated heterocycles. The van der Waals surface area contributed by atoms with Crippen LogP contribution in [-0.4, -0.2) is 48.6 Å². The van der Waals surface area contributed by atoms with E-state index in [-0.39, 0.29) is 5.91 Å². The fraction of sp³-hybridized carbons (Fsp3) is 0.923. The molecule has 0 saturated carbocycles. The molecule has 0 aromatic carbocycles. The number of carbonyl (C=O) groups is 1. The predicted octanol–water partition coefficient (Wildman–Crippen LogP) is 0.727. The van der Waals surface area contributed by atoms with Gasteiger partial charge in [0, 0.05) is 38.1 Å². The summed E-state index contributed by atoms with van der Waals surface area (Å²) in [7, 11) is 0. The number of nitrogens with zero attached hydrogens (tertiary/aromatic N) is 1. The van der Waals surface area contributed by atoms with E-state index in [9.17, 15) is 4.79 Å². The van der Waals surface area contributed by atoms with Gasteiger partial charge in [0.15, 0.2) is 0 Å². The number of nitrogens with one attached hydrogen (secondary N) is 2. The van der Waals surface area contributed by atoms with Crippen LogP contribution in [0.2, 0.25) is 0 Å². The molecule has 2 atom stereocenters. The number of carbonyl (C=O) groups excluding carboxylic acids is 1. The van der Waals surface area contributed by atoms with E-state index in [2.05, 4.69) is 22.5 Å². The lowest BCUT2D eigenvalue weighted by Gasteiger charge is -2.39. The van der Waals surface area contributed by atoms with Gasteiger partial charge in [-0.2, -0.15) is 0 Å². The molecule has 2 aliphatic rings. The van der Waals surface area contributed by atoms with E-state index in [0.29, 0.717) is 0 Å². The van der Waals surface area contributed by atoms with Crippen molar-refractivity contribution >= 4 is 5.91 Å². The Morgan fingerprint density at radius 2 is 1.94 bits per heavy atom. The monoisotopic (exact) mass is 239 g/mol. The first-order chi connectivity index (χ1) is 8.20. The summed E-state index contributed by atoms with van der Waals surface area (Å²) in [4.78, 5) is 13.5. The number of piperidine rings is 1. The zero-order valence-corrected chi connectivity index (χ0v) is 11.0. The SMILES string of the molecule is CCNC1CC2CCC(C1)N2CCNC(C)=O. The van der Waals surface area contributed by atoms with Crippen molar-refractivity contribution in [2.24, 2.45) is 0 Å². The Balaban J connectivity index is 1.79. The zero-order chi connectivity index (χ0) is 12.3. The molecule has 2 unspecified atom stereocenters. The van der Waals surface area contributed by atoms with Crippen molar-refractivity contribution in [2.75, 3.05) is 19.6 Å². The van der Waals surface area contributed by atoms with E-state index in [0.717, 1.165) is 37.8 Å². The van der Waals surface area contributed by atoms with Gasteiger partial charge >= 0.3 is 0 Å². The Kier molecular flexibility index (Phi) is 4.40. The van der Waals surface area contributed by atoms with Gasteiger partial charge < -0.3 is 10.6 Å². The molecule has 2 aliphatic heterocycles. The van der Waals surface area contributed by atoms with Crippen molar-refractivity contribution in [3.05, 3.63) is 0 Å². The van der Waals surface area contributed by atoms with Gasteiger partial charge in [0.1, 0.15) is 0 Å². The second-order valence-corrected chi connectivity index (χ2v) is 5.33. The molecule has 17 heavy (non-hydrogen) atoms. The summed E-state index contributed by atoms with van der Waals surface area (Å²) >= 11 is 0. The molecule has 0 radical (unpaired) electrons. The number of amides is 1. The predicted molar refractivity (Wildman–Crippen MR) is 68.9 cm³/mol. The molecule has 2 fully saturated rings. The van der Waals surface area contributed by atoms with Gasteiger partial charge in [0.25, 0.3) is 0 Å². The second kappa shape index (κ2) is 5.83. The Morgan fingerprint density at radius 1 is 1.29 bits per heavy atom. The third-order valence-electron chi connectivity index (χ3n) is 4.12. The van der Waals surface area contributed by atoms with E-state index < -0.39 is 0 Å². The van der Waals surface area contributed by atoms with Crippen LogP contribution in [0.1, 0.15) is 39.5 Å². The average Bonchev–Trinajstić information content (AvgIpc) is 2.52. The van der Waals surface area contributed by atoms with Crippen LogP contribution in [0.4, 0.5) is 0 Å². The van der Waals surface area contributed by atoms with E-state index >= 15 is 0 Å². The molecular formula is C13H25N3O. The highest BCUT2D eigenvalue weighted by Gasteiger charge is 2.39. The Labute approximate surface area is 104 Å². The summed E-state index contributed by atoms with van der Waals surface area (Å²) in [5, 5.41) is 6.49. The number of rotatable bonds is 5. The van der Waals surface area contributed by atoms with Crippen molar-refractivity contribution < 1.29 is 4.79 Å². The molecule has 98 valence electrons. The van der Waals surface area contributed by atoms with Gasteiger partial charge in [0.05, 0.1) is 0 Å². The van der Waals surface area contributed by atoms with Crippen LogP contribution in [0, 0.1) is 0 Å². The third kappa shape index (κ3) is 3.19. The Bertz CT molecular complexity index is 255. The van der Waals surface area contributed by atoms with Crippen molar-refractivity contribution in [1.29, 1.82) is 0 Å². The number of hydrogen-bond acceptors (Lipinski definition) is 3. The first-order valence-electron chi connectivity index (χ1n) is 6.94. The summed E-state index contributed by atoms with van der Waals surface area (Å²) < 4.78 is 0. The number of hydrogen-bond donors (Lipinski definition) is 2. The Hall–Kier alpha value is -0.610. The molecule has 2 N–H and O–H groups in total. The molecule has 2 bridgehead atoms. The minimum atomic E-state index is 0.0832. The van der Waals surface area contributed by atoms with E-state index in [4.69, 9.17) is 0 Å². The van der Waals surface area contributed by atoms with Crippen LogP contribution in [0.5, 0.6) is 0 Å². The van der Waals surface area contributed by atoms with Gasteiger partial charge in [-0.3, -0.25) is 9.69 Å². The van der Waals surface area contributed by atoms with Crippen LogP contribution >= 0.6 is 0 Å². The van der Waals surface area contributed by atoms with Crippen molar-refractivity contribution in [1.82, 2.24) is 15.5 Å². The lowest BCUT2D eigenvalue weighted by atomic mass is 9.97. The van der Waals surface area contributed by atoms with Crippen molar-refractivity contribution in [2.45, 2.75) is 57.7 Å². The highest BCUT2D eigenvalue weighted by Crippen LogP contribution is 2.35. The molecule has 4 heteroatoms. The Morgan fingerprint density at radius 3 is 2.47 bits per heavy atom. The molecule has 2 rings (SSSR count). The van der Waals surface area contributed by atoms with Gasteiger partial charge in [-0.1, -0.05) is 6.92 Å². The molecular weight excluding hydrogens is 214 g/mol. The summed E-state index contributed by atoms with van der Waals surface area (Å²) in [6.45, 7) is 6.68. The number of fused-ring (bicyclic) bond motifs is 2. The van der Waals surface area contributed by atoms with Crippen LogP contribution < -0.4 is 10.6 Å². The average molecular weight is 239 g/mol. The third-order valence-corrected chi connectivity index (χ3v) is 4.12.